The van der Waals surface area contributed by atoms with E-state index in [0.717, 1.165) is 21.6 Å². The Kier molecular flexibility index (Phi) is 5.80. The van der Waals surface area contributed by atoms with Gasteiger partial charge in [0.05, 0.1) is 12.6 Å². The molecule has 6 nitrogen and oxygen atoms in total. The molecule has 0 aliphatic carbocycles. The average Bonchev–Trinajstić information content (AvgIpc) is 3.12. The molecule has 31 heavy (non-hydrogen) atoms. The summed E-state index contributed by atoms with van der Waals surface area (Å²) >= 11 is 0. The Bertz CT molecular complexity index is 1080. The third kappa shape index (κ3) is 4.64. The normalized spacial score (nSPS) is 14.3. The standard InChI is InChI=1S/C25H22N2O4/c1-17-7-9-18(10-8-17)19-11-13-21(14-12-19)24(29)26-22(20-5-3-2-4-6-20)15-27-23(28)16-31-25(27)30/h2-14,22H,15-16H2,1H3,(H,26,29). The maximum absolute atomic E-state index is 12.9. The van der Waals surface area contributed by atoms with Crippen LogP contribution in [0.5, 0.6) is 0 Å². The summed E-state index contributed by atoms with van der Waals surface area (Å²) < 4.78 is 4.79. The van der Waals surface area contributed by atoms with Crippen LogP contribution >= 0.6 is 0 Å². The molecular weight excluding hydrogens is 392 g/mol. The second-order valence-electron chi connectivity index (χ2n) is 7.44. The number of cyclic esters (lactones) is 1. The maximum atomic E-state index is 12.9. The van der Waals surface area contributed by atoms with Crippen LogP contribution in [0, 0.1) is 6.92 Å². The minimum Gasteiger partial charge on any atom is -0.439 e. The first kappa shape index (κ1) is 20.3. The summed E-state index contributed by atoms with van der Waals surface area (Å²) in [7, 11) is 0. The van der Waals surface area contributed by atoms with Crippen LogP contribution in [-0.4, -0.2) is 36.0 Å². The number of aryl methyl sites for hydroxylation is 1. The number of benzene rings is 3. The van der Waals surface area contributed by atoms with E-state index in [9.17, 15) is 14.4 Å². The van der Waals surface area contributed by atoms with Crippen LogP contribution in [0.4, 0.5) is 4.79 Å². The monoisotopic (exact) mass is 414 g/mol. The minimum atomic E-state index is -0.692. The predicted molar refractivity (Wildman–Crippen MR) is 116 cm³/mol. The molecule has 3 amide bonds. The smallest absolute Gasteiger partial charge is 0.417 e. The largest absolute Gasteiger partial charge is 0.439 e. The van der Waals surface area contributed by atoms with Gasteiger partial charge in [-0.2, -0.15) is 0 Å². The molecule has 156 valence electrons. The molecule has 1 aliphatic heterocycles. The molecule has 0 aromatic heterocycles. The van der Waals surface area contributed by atoms with Crippen molar-refractivity contribution >= 4 is 17.9 Å². The molecule has 1 fully saturated rings. The minimum absolute atomic E-state index is 0.00880. The number of nitrogens with zero attached hydrogens (tertiary/aromatic N) is 1. The highest BCUT2D eigenvalue weighted by atomic mass is 16.6. The molecule has 1 atom stereocenters. The van der Waals surface area contributed by atoms with Gasteiger partial charge in [0.1, 0.15) is 0 Å². The molecule has 1 unspecified atom stereocenters. The molecular formula is C25H22N2O4. The Hall–Kier alpha value is -3.93. The van der Waals surface area contributed by atoms with Gasteiger partial charge in [-0.05, 0) is 35.7 Å². The molecule has 1 aliphatic rings. The van der Waals surface area contributed by atoms with Crippen molar-refractivity contribution in [2.45, 2.75) is 13.0 Å². The molecule has 3 aromatic rings. The summed E-state index contributed by atoms with van der Waals surface area (Å²) in [6.07, 6.45) is -0.692. The number of ether oxygens (including phenoxy) is 1. The predicted octanol–water partition coefficient (Wildman–Crippen LogP) is 4.11. The van der Waals surface area contributed by atoms with Crippen molar-refractivity contribution in [1.82, 2.24) is 10.2 Å². The lowest BCUT2D eigenvalue weighted by Crippen LogP contribution is -2.40. The first-order chi connectivity index (χ1) is 15.0. The summed E-state index contributed by atoms with van der Waals surface area (Å²) in [5.41, 5.74) is 4.56. The van der Waals surface area contributed by atoms with Gasteiger partial charge in [-0.25, -0.2) is 9.69 Å². The molecule has 0 radical (unpaired) electrons. The molecule has 4 rings (SSSR count). The second-order valence-corrected chi connectivity index (χ2v) is 7.44. The van der Waals surface area contributed by atoms with Gasteiger partial charge in [0.15, 0.2) is 6.61 Å². The number of carbonyl (C=O) groups excluding carboxylic acids is 3. The van der Waals surface area contributed by atoms with Crippen LogP contribution in [-0.2, 0) is 9.53 Å². The van der Waals surface area contributed by atoms with Crippen molar-refractivity contribution in [3.05, 3.63) is 95.6 Å². The third-order valence-electron chi connectivity index (χ3n) is 5.24. The van der Waals surface area contributed by atoms with E-state index in [1.54, 1.807) is 12.1 Å². The van der Waals surface area contributed by atoms with E-state index in [-0.39, 0.29) is 19.1 Å². The van der Waals surface area contributed by atoms with Gasteiger partial charge < -0.3 is 10.1 Å². The topological polar surface area (TPSA) is 75.7 Å². The molecule has 1 N–H and O–H groups in total. The Morgan fingerprint density at radius 2 is 1.55 bits per heavy atom. The first-order valence-corrected chi connectivity index (χ1v) is 10.0. The molecule has 6 heteroatoms. The first-order valence-electron chi connectivity index (χ1n) is 10.0. The number of amides is 3. The fourth-order valence-corrected chi connectivity index (χ4v) is 3.46. The summed E-state index contributed by atoms with van der Waals surface area (Å²) in [5.74, 6) is -0.702. The van der Waals surface area contributed by atoms with Crippen LogP contribution in [0.1, 0.15) is 27.5 Å². The molecule has 0 saturated carbocycles. The number of nitrogens with one attached hydrogen (secondary N) is 1. The van der Waals surface area contributed by atoms with E-state index in [1.165, 1.54) is 5.56 Å². The number of rotatable bonds is 6. The average molecular weight is 414 g/mol. The van der Waals surface area contributed by atoms with Crippen molar-refractivity contribution in [3.8, 4) is 11.1 Å². The molecule has 0 bridgehead atoms. The lowest BCUT2D eigenvalue weighted by Gasteiger charge is -2.23. The van der Waals surface area contributed by atoms with Crippen LogP contribution in [0.15, 0.2) is 78.9 Å². The SMILES string of the molecule is Cc1ccc(-c2ccc(C(=O)NC(CN3C(=O)COC3=O)c3ccccc3)cc2)cc1. The Balaban J connectivity index is 1.52. The van der Waals surface area contributed by atoms with Gasteiger partial charge in [-0.15, -0.1) is 0 Å². The zero-order valence-electron chi connectivity index (χ0n) is 17.1. The van der Waals surface area contributed by atoms with Gasteiger partial charge in [0.25, 0.3) is 11.8 Å². The Morgan fingerprint density at radius 1 is 0.935 bits per heavy atom. The molecule has 0 spiro atoms. The zero-order chi connectivity index (χ0) is 21.8. The van der Waals surface area contributed by atoms with Gasteiger partial charge in [-0.1, -0.05) is 72.3 Å². The maximum Gasteiger partial charge on any atom is 0.417 e. The third-order valence-corrected chi connectivity index (χ3v) is 5.24. The van der Waals surface area contributed by atoms with E-state index >= 15 is 0 Å². The van der Waals surface area contributed by atoms with Crippen molar-refractivity contribution in [2.24, 2.45) is 0 Å². The molecule has 1 heterocycles. The van der Waals surface area contributed by atoms with Gasteiger partial charge in [0.2, 0.25) is 0 Å². The van der Waals surface area contributed by atoms with E-state index in [4.69, 9.17) is 4.74 Å². The van der Waals surface area contributed by atoms with Crippen molar-refractivity contribution < 1.29 is 19.1 Å². The zero-order valence-corrected chi connectivity index (χ0v) is 17.1. The number of imide groups is 1. The van der Waals surface area contributed by atoms with Crippen molar-refractivity contribution in [2.75, 3.05) is 13.2 Å². The fourth-order valence-electron chi connectivity index (χ4n) is 3.46. The van der Waals surface area contributed by atoms with Gasteiger partial charge in [-0.3, -0.25) is 9.59 Å². The Morgan fingerprint density at radius 3 is 2.13 bits per heavy atom. The van der Waals surface area contributed by atoms with Crippen LogP contribution in [0.3, 0.4) is 0 Å². The summed E-state index contributed by atoms with van der Waals surface area (Å²) in [6, 6.07) is 24.2. The highest BCUT2D eigenvalue weighted by molar-refractivity contribution is 5.98. The quantitative estimate of drug-likeness (QED) is 0.659. The van der Waals surface area contributed by atoms with E-state index in [1.807, 2.05) is 73.7 Å². The molecule has 1 saturated heterocycles. The number of hydrogen-bond acceptors (Lipinski definition) is 4. The van der Waals surface area contributed by atoms with E-state index in [0.29, 0.717) is 5.56 Å². The Labute approximate surface area is 180 Å². The summed E-state index contributed by atoms with van der Waals surface area (Å²) in [5, 5.41) is 2.94. The van der Waals surface area contributed by atoms with Gasteiger partial charge in [0, 0.05) is 5.56 Å². The van der Waals surface area contributed by atoms with Crippen LogP contribution in [0.25, 0.3) is 11.1 Å². The fraction of sp³-hybridized carbons (Fsp3) is 0.160. The lowest BCUT2D eigenvalue weighted by atomic mass is 10.0. The second kappa shape index (κ2) is 8.83. The van der Waals surface area contributed by atoms with Gasteiger partial charge >= 0.3 is 6.09 Å². The van der Waals surface area contributed by atoms with Crippen LogP contribution in [0.2, 0.25) is 0 Å². The van der Waals surface area contributed by atoms with Crippen molar-refractivity contribution in [1.29, 1.82) is 0 Å². The number of hydrogen-bond donors (Lipinski definition) is 1. The van der Waals surface area contributed by atoms with E-state index < -0.39 is 18.0 Å². The molecule has 3 aromatic carbocycles. The van der Waals surface area contributed by atoms with Crippen LogP contribution < -0.4 is 5.32 Å². The summed E-state index contributed by atoms with van der Waals surface area (Å²) in [6.45, 7) is 1.78. The highest BCUT2D eigenvalue weighted by Gasteiger charge is 2.33. The van der Waals surface area contributed by atoms with E-state index in [2.05, 4.69) is 5.32 Å². The highest BCUT2D eigenvalue weighted by Crippen LogP contribution is 2.22. The van der Waals surface area contributed by atoms with Crippen molar-refractivity contribution in [3.63, 3.8) is 0 Å². The number of carbonyl (C=O) groups is 3. The lowest BCUT2D eigenvalue weighted by molar-refractivity contribution is -0.126. The summed E-state index contributed by atoms with van der Waals surface area (Å²) in [4.78, 5) is 37.8.